The maximum atomic E-state index is 9.37. The minimum atomic E-state index is 0.304. The van der Waals surface area contributed by atoms with Gasteiger partial charge in [0, 0.05) is 12.3 Å². The Balaban J connectivity index is 2.25. The van der Waals surface area contributed by atoms with Gasteiger partial charge in [0.05, 0.1) is 5.76 Å². The van der Waals surface area contributed by atoms with Crippen LogP contribution in [0.1, 0.15) is 37.7 Å². The molecule has 1 aliphatic carbocycles. The average molecular weight is 230 g/mol. The minimum Gasteiger partial charge on any atom is -0.512 e. The van der Waals surface area contributed by atoms with E-state index in [0.717, 1.165) is 19.3 Å². The molecule has 0 heterocycles. The Morgan fingerprint density at radius 1 is 1.06 bits per heavy atom. The molecule has 2 rings (SSSR count). The third-order valence-corrected chi connectivity index (χ3v) is 3.31. The molecule has 0 spiro atoms. The number of benzene rings is 1. The lowest BCUT2D eigenvalue weighted by Gasteiger charge is -2.21. The predicted molar refractivity (Wildman–Crippen MR) is 69.2 cm³/mol. The molecule has 0 radical (unpaired) electrons. The van der Waals surface area contributed by atoms with Crippen LogP contribution in [-0.4, -0.2) is 10.2 Å². The first-order valence-electron chi connectivity index (χ1n) is 6.08. The van der Waals surface area contributed by atoms with Gasteiger partial charge in [0.25, 0.3) is 0 Å². The van der Waals surface area contributed by atoms with Gasteiger partial charge in [0.2, 0.25) is 0 Å². The molecular formula is C15H18O2. The zero-order valence-corrected chi connectivity index (χ0v) is 10.1. The van der Waals surface area contributed by atoms with Crippen molar-refractivity contribution in [1.82, 2.24) is 0 Å². The van der Waals surface area contributed by atoms with Crippen molar-refractivity contribution in [1.29, 1.82) is 0 Å². The van der Waals surface area contributed by atoms with E-state index in [1.165, 1.54) is 11.1 Å². The third-order valence-electron chi connectivity index (χ3n) is 3.31. The molecule has 0 saturated heterocycles. The first kappa shape index (κ1) is 11.8. The van der Waals surface area contributed by atoms with E-state index in [2.05, 4.69) is 6.92 Å². The van der Waals surface area contributed by atoms with Gasteiger partial charge in [-0.15, -0.1) is 0 Å². The molecule has 0 amide bonds. The van der Waals surface area contributed by atoms with E-state index in [-0.39, 0.29) is 0 Å². The summed E-state index contributed by atoms with van der Waals surface area (Å²) in [7, 11) is 0. The highest BCUT2D eigenvalue weighted by Gasteiger charge is 2.16. The summed E-state index contributed by atoms with van der Waals surface area (Å²) in [6.45, 7) is 2.16. The second kappa shape index (κ2) is 5.09. The Morgan fingerprint density at radius 3 is 2.29 bits per heavy atom. The Kier molecular flexibility index (Phi) is 3.52. The molecule has 2 nitrogen and oxygen atoms in total. The van der Waals surface area contributed by atoms with Crippen molar-refractivity contribution in [3.8, 4) is 5.75 Å². The van der Waals surface area contributed by atoms with Gasteiger partial charge in [0.15, 0.2) is 0 Å². The summed E-state index contributed by atoms with van der Waals surface area (Å²) in [6, 6.07) is 7.41. The number of allylic oxidation sites excluding steroid dienone is 4. The largest absolute Gasteiger partial charge is 0.512 e. The first-order chi connectivity index (χ1) is 8.20. The fourth-order valence-corrected chi connectivity index (χ4v) is 2.35. The Bertz CT molecular complexity index is 440. The zero-order valence-electron chi connectivity index (χ0n) is 10.1. The summed E-state index contributed by atoms with van der Waals surface area (Å²) in [5.74, 6) is 1.16. The van der Waals surface area contributed by atoms with Gasteiger partial charge in [-0.05, 0) is 36.6 Å². The molecule has 0 saturated carbocycles. The van der Waals surface area contributed by atoms with E-state index >= 15 is 0 Å². The van der Waals surface area contributed by atoms with Gasteiger partial charge in [0.1, 0.15) is 5.75 Å². The summed E-state index contributed by atoms with van der Waals surface area (Å²) in [6.07, 6.45) is 6.51. The van der Waals surface area contributed by atoms with Crippen LogP contribution < -0.4 is 0 Å². The van der Waals surface area contributed by atoms with Crippen LogP contribution in [0.5, 0.6) is 5.75 Å². The molecule has 0 fully saturated rings. The molecule has 90 valence electrons. The minimum absolute atomic E-state index is 0.304. The lowest BCUT2D eigenvalue weighted by atomic mass is 9.84. The van der Waals surface area contributed by atoms with Crippen molar-refractivity contribution in [3.63, 3.8) is 0 Å². The molecule has 1 aromatic rings. The van der Waals surface area contributed by atoms with Gasteiger partial charge in [-0.25, -0.2) is 0 Å². The second-order valence-corrected chi connectivity index (χ2v) is 4.45. The highest BCUT2D eigenvalue weighted by molar-refractivity contribution is 5.36. The van der Waals surface area contributed by atoms with Gasteiger partial charge < -0.3 is 10.2 Å². The zero-order chi connectivity index (χ0) is 12.3. The lowest BCUT2D eigenvalue weighted by molar-refractivity contribution is 0.383. The number of hydrogen-bond acceptors (Lipinski definition) is 2. The summed E-state index contributed by atoms with van der Waals surface area (Å²) in [5, 5.41) is 18.7. The van der Waals surface area contributed by atoms with Crippen molar-refractivity contribution >= 4 is 0 Å². The molecule has 1 aromatic carbocycles. The van der Waals surface area contributed by atoms with Crippen LogP contribution in [0, 0.1) is 0 Å². The van der Waals surface area contributed by atoms with Crippen LogP contribution in [0.2, 0.25) is 0 Å². The fourth-order valence-electron chi connectivity index (χ4n) is 2.35. The van der Waals surface area contributed by atoms with Crippen molar-refractivity contribution < 1.29 is 10.2 Å². The molecule has 2 N–H and O–H groups in total. The molecule has 0 bridgehead atoms. The Labute approximate surface area is 102 Å². The van der Waals surface area contributed by atoms with Crippen molar-refractivity contribution in [3.05, 3.63) is 53.3 Å². The van der Waals surface area contributed by atoms with E-state index in [1.54, 1.807) is 18.2 Å². The predicted octanol–water partition coefficient (Wildman–Crippen LogP) is 4.05. The highest BCUT2D eigenvalue weighted by Crippen LogP contribution is 2.33. The topological polar surface area (TPSA) is 40.5 Å². The Hall–Kier alpha value is -1.70. The van der Waals surface area contributed by atoms with E-state index in [1.807, 2.05) is 18.2 Å². The van der Waals surface area contributed by atoms with Crippen LogP contribution in [-0.2, 0) is 0 Å². The summed E-state index contributed by atoms with van der Waals surface area (Å²) >= 11 is 0. The SMILES string of the molecule is CCC(C1=CC=C(O)CC1)c1ccc(O)cc1. The van der Waals surface area contributed by atoms with E-state index in [9.17, 15) is 10.2 Å². The van der Waals surface area contributed by atoms with E-state index in [4.69, 9.17) is 0 Å². The lowest BCUT2D eigenvalue weighted by Crippen LogP contribution is -2.04. The molecular weight excluding hydrogens is 212 g/mol. The van der Waals surface area contributed by atoms with Crippen LogP contribution >= 0.6 is 0 Å². The van der Waals surface area contributed by atoms with Gasteiger partial charge >= 0.3 is 0 Å². The maximum Gasteiger partial charge on any atom is 0.115 e. The van der Waals surface area contributed by atoms with Crippen LogP contribution in [0.15, 0.2) is 47.7 Å². The van der Waals surface area contributed by atoms with Crippen molar-refractivity contribution in [2.45, 2.75) is 32.1 Å². The number of aliphatic hydroxyl groups excluding tert-OH is 1. The standard InChI is InChI=1S/C15H18O2/c1-2-15(11-3-7-13(16)8-4-11)12-5-9-14(17)10-6-12/h3-5,7-9,15-17H,2,6,10H2,1H3. The van der Waals surface area contributed by atoms with E-state index in [0.29, 0.717) is 17.4 Å². The fraction of sp³-hybridized carbons (Fsp3) is 0.333. The summed E-state index contributed by atoms with van der Waals surface area (Å²) < 4.78 is 0. The molecule has 2 heteroatoms. The molecule has 1 aliphatic rings. The molecule has 1 atom stereocenters. The Morgan fingerprint density at radius 2 is 1.76 bits per heavy atom. The number of aromatic hydroxyl groups is 1. The van der Waals surface area contributed by atoms with Crippen LogP contribution in [0.3, 0.4) is 0 Å². The molecule has 0 aliphatic heterocycles. The number of phenolic OH excluding ortho intramolecular Hbond substituents is 1. The average Bonchev–Trinajstić information content (AvgIpc) is 2.35. The summed E-state index contributed by atoms with van der Waals surface area (Å²) in [5.41, 5.74) is 2.59. The van der Waals surface area contributed by atoms with Gasteiger partial charge in [-0.1, -0.05) is 30.7 Å². The molecule has 17 heavy (non-hydrogen) atoms. The van der Waals surface area contributed by atoms with Crippen LogP contribution in [0.4, 0.5) is 0 Å². The van der Waals surface area contributed by atoms with Crippen molar-refractivity contribution in [2.24, 2.45) is 0 Å². The normalized spacial score (nSPS) is 17.2. The first-order valence-corrected chi connectivity index (χ1v) is 6.08. The number of aliphatic hydroxyl groups is 1. The quantitative estimate of drug-likeness (QED) is 0.822. The third kappa shape index (κ3) is 2.70. The second-order valence-electron chi connectivity index (χ2n) is 4.45. The molecule has 1 unspecified atom stereocenters. The number of rotatable bonds is 3. The molecule has 0 aromatic heterocycles. The monoisotopic (exact) mass is 230 g/mol. The van der Waals surface area contributed by atoms with E-state index < -0.39 is 0 Å². The van der Waals surface area contributed by atoms with Crippen molar-refractivity contribution in [2.75, 3.05) is 0 Å². The maximum absolute atomic E-state index is 9.37. The number of hydrogen-bond donors (Lipinski definition) is 2. The smallest absolute Gasteiger partial charge is 0.115 e. The number of phenols is 1. The van der Waals surface area contributed by atoms with Crippen LogP contribution in [0.25, 0.3) is 0 Å². The summed E-state index contributed by atoms with van der Waals surface area (Å²) in [4.78, 5) is 0. The van der Waals surface area contributed by atoms with Gasteiger partial charge in [-0.2, -0.15) is 0 Å². The highest BCUT2D eigenvalue weighted by atomic mass is 16.3. The van der Waals surface area contributed by atoms with Gasteiger partial charge in [-0.3, -0.25) is 0 Å².